The van der Waals surface area contributed by atoms with Gasteiger partial charge in [0.1, 0.15) is 5.75 Å². The van der Waals surface area contributed by atoms with Crippen LogP contribution >= 0.6 is 0 Å². The summed E-state index contributed by atoms with van der Waals surface area (Å²) in [5, 5.41) is 13.2. The average Bonchev–Trinajstić information content (AvgIpc) is 2.55. The predicted molar refractivity (Wildman–Crippen MR) is 88.3 cm³/mol. The number of anilines is 1. The first-order chi connectivity index (χ1) is 11.5. The van der Waals surface area contributed by atoms with E-state index in [4.69, 9.17) is 4.74 Å². The second-order valence-corrected chi connectivity index (χ2v) is 5.03. The molecule has 1 amide bonds. The molecule has 0 spiro atoms. The molecule has 2 aromatic rings. The van der Waals surface area contributed by atoms with Crippen molar-refractivity contribution < 1.29 is 19.2 Å². The van der Waals surface area contributed by atoms with Crippen molar-refractivity contribution >= 4 is 23.1 Å². The van der Waals surface area contributed by atoms with Crippen molar-refractivity contribution in [3.8, 4) is 5.75 Å². The van der Waals surface area contributed by atoms with Crippen LogP contribution in [0.15, 0.2) is 48.5 Å². The van der Waals surface area contributed by atoms with E-state index < -0.39 is 4.92 Å². The smallest absolute Gasteiger partial charge is 0.269 e. The van der Waals surface area contributed by atoms with Gasteiger partial charge in [-0.3, -0.25) is 19.7 Å². The molecule has 0 radical (unpaired) electrons. The van der Waals surface area contributed by atoms with Crippen LogP contribution in [-0.2, 0) is 4.79 Å². The summed E-state index contributed by atoms with van der Waals surface area (Å²) in [5.41, 5.74) is 1.04. The number of Topliss-reactive ketones (excluding diaryl/α,β-unsaturated/α-hetero) is 1. The van der Waals surface area contributed by atoms with E-state index in [1.807, 2.05) is 0 Å². The molecule has 0 unspecified atom stereocenters. The fourth-order valence-electron chi connectivity index (χ4n) is 1.97. The molecule has 0 atom stereocenters. The van der Waals surface area contributed by atoms with Crippen LogP contribution in [0.3, 0.4) is 0 Å². The largest absolute Gasteiger partial charge is 0.493 e. The Kier molecular flexibility index (Phi) is 5.62. The number of carbonyl (C=O) groups excluding carboxylic acids is 2. The molecule has 1 N–H and O–H groups in total. The number of amides is 1. The molecule has 0 aliphatic carbocycles. The van der Waals surface area contributed by atoms with E-state index in [2.05, 4.69) is 5.32 Å². The van der Waals surface area contributed by atoms with Gasteiger partial charge in [-0.25, -0.2) is 0 Å². The predicted octanol–water partition coefficient (Wildman–Crippen LogP) is 3.21. The van der Waals surface area contributed by atoms with Crippen molar-refractivity contribution in [2.45, 2.75) is 13.3 Å². The third-order valence-corrected chi connectivity index (χ3v) is 3.20. The van der Waals surface area contributed by atoms with E-state index in [0.717, 1.165) is 0 Å². The molecule has 7 heteroatoms. The van der Waals surface area contributed by atoms with E-state index in [-0.39, 0.29) is 30.4 Å². The minimum atomic E-state index is -0.494. The lowest BCUT2D eigenvalue weighted by atomic mass is 10.1. The molecule has 0 aliphatic heterocycles. The second-order valence-electron chi connectivity index (χ2n) is 5.03. The van der Waals surface area contributed by atoms with E-state index in [0.29, 0.717) is 17.0 Å². The minimum Gasteiger partial charge on any atom is -0.493 e. The van der Waals surface area contributed by atoms with Gasteiger partial charge in [0.05, 0.1) is 18.0 Å². The summed E-state index contributed by atoms with van der Waals surface area (Å²) in [5.74, 6) is 0.122. The van der Waals surface area contributed by atoms with Gasteiger partial charge in [-0.1, -0.05) is 12.1 Å². The lowest BCUT2D eigenvalue weighted by molar-refractivity contribution is -0.384. The first-order valence-electron chi connectivity index (χ1n) is 7.24. The number of carbonyl (C=O) groups is 2. The van der Waals surface area contributed by atoms with Crippen molar-refractivity contribution in [2.75, 3.05) is 11.9 Å². The molecule has 0 fully saturated rings. The number of nitrogens with zero attached hydrogens (tertiary/aromatic N) is 1. The molecular formula is C17H16N2O5. The Morgan fingerprint density at radius 3 is 2.50 bits per heavy atom. The first-order valence-corrected chi connectivity index (χ1v) is 7.24. The van der Waals surface area contributed by atoms with Gasteiger partial charge in [0.2, 0.25) is 5.91 Å². The highest BCUT2D eigenvalue weighted by Crippen LogP contribution is 2.17. The molecule has 0 bridgehead atoms. The van der Waals surface area contributed by atoms with E-state index in [1.165, 1.54) is 31.2 Å². The number of non-ortho nitro benzene ring substituents is 1. The van der Waals surface area contributed by atoms with Gasteiger partial charge < -0.3 is 10.1 Å². The maximum atomic E-state index is 11.9. The summed E-state index contributed by atoms with van der Waals surface area (Å²) >= 11 is 0. The quantitative estimate of drug-likeness (QED) is 0.478. The van der Waals surface area contributed by atoms with Crippen molar-refractivity contribution in [3.05, 3.63) is 64.2 Å². The lowest BCUT2D eigenvalue weighted by Crippen LogP contribution is -2.15. The Labute approximate surface area is 138 Å². The van der Waals surface area contributed by atoms with Gasteiger partial charge in [0, 0.05) is 23.4 Å². The molecule has 0 aromatic heterocycles. The van der Waals surface area contributed by atoms with Crippen LogP contribution in [-0.4, -0.2) is 23.2 Å². The molecule has 7 nitrogen and oxygen atoms in total. The third kappa shape index (κ3) is 4.91. The summed E-state index contributed by atoms with van der Waals surface area (Å²) in [6.45, 7) is 1.59. The van der Waals surface area contributed by atoms with Gasteiger partial charge in [0.25, 0.3) is 5.69 Å². The lowest BCUT2D eigenvalue weighted by Gasteiger charge is -2.08. The minimum absolute atomic E-state index is 0.0227. The highest BCUT2D eigenvalue weighted by Gasteiger charge is 2.07. The molecule has 124 valence electrons. The fraction of sp³-hybridized carbons (Fsp3) is 0.176. The number of rotatable bonds is 7. The SMILES string of the molecule is CC(=O)c1cccc(NC(=O)CCOc2ccc([N+](=O)[O-])cc2)c1. The topological polar surface area (TPSA) is 98.5 Å². The van der Waals surface area contributed by atoms with Crippen LogP contribution in [0.25, 0.3) is 0 Å². The number of hydrogen-bond acceptors (Lipinski definition) is 5. The standard InChI is InChI=1S/C17H16N2O5/c1-12(20)13-3-2-4-14(11-13)18-17(21)9-10-24-16-7-5-15(6-8-16)19(22)23/h2-8,11H,9-10H2,1H3,(H,18,21). The molecule has 24 heavy (non-hydrogen) atoms. The van der Waals surface area contributed by atoms with E-state index in [9.17, 15) is 19.7 Å². The van der Waals surface area contributed by atoms with E-state index >= 15 is 0 Å². The molecule has 0 aliphatic rings. The van der Waals surface area contributed by atoms with Gasteiger partial charge >= 0.3 is 0 Å². The zero-order valence-corrected chi connectivity index (χ0v) is 13.0. The van der Waals surface area contributed by atoms with E-state index in [1.54, 1.807) is 24.3 Å². The van der Waals surface area contributed by atoms with Crippen molar-refractivity contribution in [2.24, 2.45) is 0 Å². The number of nitro benzene ring substituents is 1. The normalized spacial score (nSPS) is 10.0. The van der Waals surface area contributed by atoms with Crippen LogP contribution in [0.4, 0.5) is 11.4 Å². The number of ketones is 1. The van der Waals surface area contributed by atoms with Gasteiger partial charge in [-0.15, -0.1) is 0 Å². The molecule has 0 saturated carbocycles. The summed E-state index contributed by atoms with van der Waals surface area (Å²) in [6, 6.07) is 12.3. The number of hydrogen-bond donors (Lipinski definition) is 1. The molecule has 0 saturated heterocycles. The highest BCUT2D eigenvalue weighted by atomic mass is 16.6. The third-order valence-electron chi connectivity index (χ3n) is 3.20. The van der Waals surface area contributed by atoms with Crippen LogP contribution < -0.4 is 10.1 Å². The average molecular weight is 328 g/mol. The first kappa shape index (κ1) is 17.1. The number of ether oxygens (including phenoxy) is 1. The van der Waals surface area contributed by atoms with Crippen molar-refractivity contribution in [1.29, 1.82) is 0 Å². The Hall–Kier alpha value is -3.22. The number of nitro groups is 1. The summed E-state index contributed by atoms with van der Waals surface area (Å²) in [7, 11) is 0. The summed E-state index contributed by atoms with van der Waals surface area (Å²) < 4.78 is 5.37. The fourth-order valence-corrected chi connectivity index (χ4v) is 1.97. The monoisotopic (exact) mass is 328 g/mol. The second kappa shape index (κ2) is 7.87. The Morgan fingerprint density at radius 2 is 1.88 bits per heavy atom. The van der Waals surface area contributed by atoms with Gasteiger partial charge in [-0.2, -0.15) is 0 Å². The molecule has 0 heterocycles. The maximum absolute atomic E-state index is 11.9. The molecule has 2 rings (SSSR count). The molecular weight excluding hydrogens is 312 g/mol. The zero-order valence-electron chi connectivity index (χ0n) is 13.0. The Bertz CT molecular complexity index is 756. The Balaban J connectivity index is 1.82. The van der Waals surface area contributed by atoms with Crippen molar-refractivity contribution in [1.82, 2.24) is 0 Å². The number of nitrogens with one attached hydrogen (secondary N) is 1. The summed E-state index contributed by atoms with van der Waals surface area (Å²) in [6.07, 6.45) is 0.112. The molecule has 2 aromatic carbocycles. The van der Waals surface area contributed by atoms with Crippen LogP contribution in [0.1, 0.15) is 23.7 Å². The van der Waals surface area contributed by atoms with Gasteiger partial charge in [-0.05, 0) is 31.2 Å². The maximum Gasteiger partial charge on any atom is 0.269 e. The zero-order chi connectivity index (χ0) is 17.5. The van der Waals surface area contributed by atoms with Crippen LogP contribution in [0, 0.1) is 10.1 Å². The Morgan fingerprint density at radius 1 is 1.17 bits per heavy atom. The van der Waals surface area contributed by atoms with Crippen LogP contribution in [0.5, 0.6) is 5.75 Å². The van der Waals surface area contributed by atoms with Crippen LogP contribution in [0.2, 0.25) is 0 Å². The number of benzene rings is 2. The highest BCUT2D eigenvalue weighted by molar-refractivity contribution is 5.97. The van der Waals surface area contributed by atoms with Crippen molar-refractivity contribution in [3.63, 3.8) is 0 Å². The van der Waals surface area contributed by atoms with Gasteiger partial charge in [0.15, 0.2) is 5.78 Å². The summed E-state index contributed by atoms with van der Waals surface area (Å²) in [4.78, 5) is 33.2.